The van der Waals surface area contributed by atoms with Crippen LogP contribution in [0, 0.1) is 6.92 Å². The monoisotopic (exact) mass is 386 g/mol. The minimum absolute atomic E-state index is 0.223. The molecule has 0 aromatic heterocycles. The number of methoxy groups -OCH3 is 1. The van der Waals surface area contributed by atoms with Crippen LogP contribution in [0.15, 0.2) is 48.5 Å². The summed E-state index contributed by atoms with van der Waals surface area (Å²) in [5.74, 6) is 0.309. The number of thioether (sulfide) groups is 1. The van der Waals surface area contributed by atoms with Gasteiger partial charge in [-0.1, -0.05) is 29.8 Å². The molecule has 0 heterocycles. The van der Waals surface area contributed by atoms with Gasteiger partial charge in [-0.15, -0.1) is 0 Å². The van der Waals surface area contributed by atoms with Gasteiger partial charge in [-0.05, 0) is 55.2 Å². The van der Waals surface area contributed by atoms with Crippen LogP contribution < -0.4 is 10.6 Å². The van der Waals surface area contributed by atoms with Crippen molar-refractivity contribution in [1.82, 2.24) is 5.32 Å². The van der Waals surface area contributed by atoms with Gasteiger partial charge in [0.1, 0.15) is 6.04 Å². The molecule has 2 N–H and O–H groups in total. The highest BCUT2D eigenvalue weighted by Crippen LogP contribution is 2.13. The first-order valence-corrected chi connectivity index (χ1v) is 10.2. The van der Waals surface area contributed by atoms with E-state index in [4.69, 9.17) is 4.74 Å². The molecule has 1 unspecified atom stereocenters. The van der Waals surface area contributed by atoms with Gasteiger partial charge in [0.2, 0.25) is 5.91 Å². The lowest BCUT2D eigenvalue weighted by molar-refractivity contribution is -0.118. The molecule has 0 radical (unpaired) electrons. The molecule has 2 rings (SSSR count). The van der Waals surface area contributed by atoms with Crippen LogP contribution in [0.1, 0.15) is 27.9 Å². The lowest BCUT2D eigenvalue weighted by Crippen LogP contribution is -2.44. The van der Waals surface area contributed by atoms with Crippen LogP contribution in [-0.2, 0) is 16.1 Å². The molecule has 0 aliphatic heterocycles. The molecular formula is C21H26N2O3S. The molecule has 0 saturated carbocycles. The van der Waals surface area contributed by atoms with Crippen LogP contribution in [0.4, 0.5) is 5.69 Å². The number of amides is 2. The second-order valence-corrected chi connectivity index (χ2v) is 7.29. The molecule has 0 fully saturated rings. The molecule has 0 bridgehead atoms. The van der Waals surface area contributed by atoms with Gasteiger partial charge in [0, 0.05) is 18.4 Å². The number of anilines is 1. The Bertz CT molecular complexity index is 780. The SMILES string of the molecule is COCc1cccc(NC(=O)C(CCSC)NC(=O)c2cccc(C)c2)c1. The molecule has 0 saturated heterocycles. The maximum atomic E-state index is 12.8. The van der Waals surface area contributed by atoms with E-state index < -0.39 is 6.04 Å². The number of carbonyl (C=O) groups is 2. The number of benzene rings is 2. The van der Waals surface area contributed by atoms with Crippen LogP contribution in [0.25, 0.3) is 0 Å². The molecular weight excluding hydrogens is 360 g/mol. The largest absolute Gasteiger partial charge is 0.380 e. The summed E-state index contributed by atoms with van der Waals surface area (Å²) in [4.78, 5) is 25.3. The van der Waals surface area contributed by atoms with E-state index in [2.05, 4.69) is 10.6 Å². The summed E-state index contributed by atoms with van der Waals surface area (Å²) in [7, 11) is 1.63. The number of ether oxygens (including phenoxy) is 1. The van der Waals surface area contributed by atoms with Crippen molar-refractivity contribution in [2.24, 2.45) is 0 Å². The number of carbonyl (C=O) groups excluding carboxylic acids is 2. The van der Waals surface area contributed by atoms with Crippen LogP contribution in [-0.4, -0.2) is 37.0 Å². The van der Waals surface area contributed by atoms with Gasteiger partial charge in [0.05, 0.1) is 6.61 Å². The zero-order valence-corrected chi connectivity index (χ0v) is 16.8. The molecule has 6 heteroatoms. The van der Waals surface area contributed by atoms with E-state index in [1.165, 1.54) is 0 Å². The topological polar surface area (TPSA) is 67.4 Å². The highest BCUT2D eigenvalue weighted by molar-refractivity contribution is 7.98. The van der Waals surface area contributed by atoms with Crippen molar-refractivity contribution in [2.45, 2.75) is 26.0 Å². The standard InChI is InChI=1S/C21H26N2O3S/c1-15-6-4-8-17(12-15)20(24)23-19(10-11-27-3)21(25)22-18-9-5-7-16(13-18)14-26-2/h4-9,12-13,19H,10-11,14H2,1-3H3,(H,22,25)(H,23,24). The Morgan fingerprint density at radius 3 is 2.63 bits per heavy atom. The third-order valence-corrected chi connectivity index (χ3v) is 4.66. The molecule has 2 amide bonds. The Balaban J connectivity index is 2.08. The van der Waals surface area contributed by atoms with Crippen molar-refractivity contribution in [3.8, 4) is 0 Å². The Hall–Kier alpha value is -2.31. The first-order valence-electron chi connectivity index (χ1n) is 8.78. The lowest BCUT2D eigenvalue weighted by atomic mass is 10.1. The normalized spacial score (nSPS) is 11.7. The number of hydrogen-bond donors (Lipinski definition) is 2. The zero-order chi connectivity index (χ0) is 19.6. The van der Waals surface area contributed by atoms with E-state index in [0.717, 1.165) is 16.9 Å². The summed E-state index contributed by atoms with van der Waals surface area (Å²) in [6.07, 6.45) is 2.54. The summed E-state index contributed by atoms with van der Waals surface area (Å²) < 4.78 is 5.13. The summed E-state index contributed by atoms with van der Waals surface area (Å²) in [5.41, 5.74) is 3.22. The van der Waals surface area contributed by atoms with E-state index in [0.29, 0.717) is 24.3 Å². The number of nitrogens with one attached hydrogen (secondary N) is 2. The predicted octanol–water partition coefficient (Wildman–Crippen LogP) is 3.63. The van der Waals surface area contributed by atoms with E-state index in [1.54, 1.807) is 24.9 Å². The van der Waals surface area contributed by atoms with Crippen LogP contribution in [0.2, 0.25) is 0 Å². The highest BCUT2D eigenvalue weighted by atomic mass is 32.2. The van der Waals surface area contributed by atoms with Crippen molar-refractivity contribution in [2.75, 3.05) is 24.4 Å². The molecule has 0 aliphatic rings. The predicted molar refractivity (Wildman–Crippen MR) is 111 cm³/mol. The Kier molecular flexibility index (Phi) is 8.36. The third-order valence-electron chi connectivity index (χ3n) is 4.02. The van der Waals surface area contributed by atoms with Crippen molar-refractivity contribution >= 4 is 29.3 Å². The quantitative estimate of drug-likeness (QED) is 0.691. The summed E-state index contributed by atoms with van der Waals surface area (Å²) in [5, 5.41) is 5.77. The van der Waals surface area contributed by atoms with E-state index in [-0.39, 0.29) is 11.8 Å². The molecule has 1 atom stereocenters. The van der Waals surface area contributed by atoms with Gasteiger partial charge in [0.25, 0.3) is 5.91 Å². The average Bonchev–Trinajstić information content (AvgIpc) is 2.65. The Morgan fingerprint density at radius 2 is 1.93 bits per heavy atom. The summed E-state index contributed by atoms with van der Waals surface area (Å²) in [6, 6.07) is 14.2. The number of hydrogen-bond acceptors (Lipinski definition) is 4. The molecule has 5 nitrogen and oxygen atoms in total. The average molecular weight is 387 g/mol. The van der Waals surface area contributed by atoms with Gasteiger partial charge in [-0.2, -0.15) is 11.8 Å². The molecule has 2 aromatic rings. The van der Waals surface area contributed by atoms with Gasteiger partial charge in [-0.3, -0.25) is 9.59 Å². The smallest absolute Gasteiger partial charge is 0.251 e. The van der Waals surface area contributed by atoms with Crippen LogP contribution >= 0.6 is 11.8 Å². The van der Waals surface area contributed by atoms with E-state index >= 15 is 0 Å². The fourth-order valence-corrected chi connectivity index (χ4v) is 3.14. The lowest BCUT2D eigenvalue weighted by Gasteiger charge is -2.18. The van der Waals surface area contributed by atoms with Crippen molar-refractivity contribution < 1.29 is 14.3 Å². The van der Waals surface area contributed by atoms with Gasteiger partial charge < -0.3 is 15.4 Å². The zero-order valence-electron chi connectivity index (χ0n) is 16.0. The van der Waals surface area contributed by atoms with Gasteiger partial charge in [0.15, 0.2) is 0 Å². The summed E-state index contributed by atoms with van der Waals surface area (Å²) in [6.45, 7) is 2.41. The number of aryl methyl sites for hydroxylation is 1. The first kappa shape index (κ1) is 21.0. The highest BCUT2D eigenvalue weighted by Gasteiger charge is 2.21. The minimum Gasteiger partial charge on any atom is -0.380 e. The van der Waals surface area contributed by atoms with E-state index in [1.807, 2.05) is 55.6 Å². The molecule has 27 heavy (non-hydrogen) atoms. The van der Waals surface area contributed by atoms with Crippen LogP contribution in [0.3, 0.4) is 0 Å². The molecule has 0 aliphatic carbocycles. The second-order valence-electron chi connectivity index (χ2n) is 6.30. The molecule has 2 aromatic carbocycles. The van der Waals surface area contributed by atoms with Crippen molar-refractivity contribution in [1.29, 1.82) is 0 Å². The minimum atomic E-state index is -0.600. The Morgan fingerprint density at radius 1 is 1.15 bits per heavy atom. The van der Waals surface area contributed by atoms with Crippen molar-refractivity contribution in [3.63, 3.8) is 0 Å². The first-order chi connectivity index (χ1) is 13.0. The third kappa shape index (κ3) is 6.73. The maximum Gasteiger partial charge on any atom is 0.251 e. The maximum absolute atomic E-state index is 12.8. The van der Waals surface area contributed by atoms with Crippen LogP contribution in [0.5, 0.6) is 0 Å². The molecule has 0 spiro atoms. The van der Waals surface area contributed by atoms with Gasteiger partial charge >= 0.3 is 0 Å². The van der Waals surface area contributed by atoms with Crippen molar-refractivity contribution in [3.05, 3.63) is 65.2 Å². The number of rotatable bonds is 9. The fraction of sp³-hybridized carbons (Fsp3) is 0.333. The van der Waals surface area contributed by atoms with Gasteiger partial charge in [-0.25, -0.2) is 0 Å². The summed E-state index contributed by atoms with van der Waals surface area (Å²) >= 11 is 1.64. The van der Waals surface area contributed by atoms with E-state index in [9.17, 15) is 9.59 Å². The second kappa shape index (κ2) is 10.7. The fourth-order valence-electron chi connectivity index (χ4n) is 2.67. The molecule has 144 valence electrons. The Labute approximate surface area is 164 Å².